The van der Waals surface area contributed by atoms with Crippen molar-refractivity contribution in [2.45, 2.75) is 25.7 Å². The fraction of sp³-hybridized carbons (Fsp3) is 0.625. The van der Waals surface area contributed by atoms with Gasteiger partial charge in [0.15, 0.2) is 0 Å². The van der Waals surface area contributed by atoms with E-state index < -0.39 is 17.9 Å². The highest BCUT2D eigenvalue weighted by atomic mass is 32.1. The minimum atomic E-state index is -0.982. The van der Waals surface area contributed by atoms with E-state index in [4.69, 9.17) is 22.4 Å². The summed E-state index contributed by atoms with van der Waals surface area (Å²) in [5, 5.41) is 17.1. The lowest BCUT2D eigenvalue weighted by Crippen LogP contribution is -2.15. The molecule has 0 bridgehead atoms. The van der Waals surface area contributed by atoms with Crippen LogP contribution in [0.2, 0.25) is 0 Å². The average molecular weight is 236 g/mol. The number of carboxylic acid groups (broad SMARTS) is 2. The summed E-state index contributed by atoms with van der Waals surface area (Å²) in [6, 6.07) is 0. The molecule has 1 atom stereocenters. The molecule has 80 valence electrons. The van der Waals surface area contributed by atoms with Gasteiger partial charge in [0.05, 0.1) is 5.92 Å². The fourth-order valence-electron chi connectivity index (χ4n) is 0.987. The maximum absolute atomic E-state index is 10.7. The monoisotopic (exact) mass is 236 g/mol. The van der Waals surface area contributed by atoms with Gasteiger partial charge >= 0.3 is 11.9 Å². The van der Waals surface area contributed by atoms with Crippen LogP contribution in [0, 0.1) is 5.92 Å². The number of rotatable bonds is 7. The van der Waals surface area contributed by atoms with Crippen LogP contribution in [0.1, 0.15) is 25.7 Å². The first-order valence-corrected chi connectivity index (χ1v) is 4.95. The molecule has 0 saturated carbocycles. The summed E-state index contributed by atoms with van der Waals surface area (Å²) in [4.78, 5) is 20.9. The summed E-state index contributed by atoms with van der Waals surface area (Å²) < 4.78 is 0.451. The number of hydrogen-bond acceptors (Lipinski definition) is 3. The van der Waals surface area contributed by atoms with E-state index in [2.05, 4.69) is 12.6 Å². The second-order valence-electron chi connectivity index (χ2n) is 2.90. The molecule has 0 fully saturated rings. The molecule has 0 aromatic heterocycles. The van der Waals surface area contributed by atoms with Crippen LogP contribution in [0.3, 0.4) is 0 Å². The normalized spacial score (nSPS) is 12.1. The zero-order valence-corrected chi connectivity index (χ0v) is 9.18. The molecular weight excluding hydrogens is 224 g/mol. The van der Waals surface area contributed by atoms with E-state index in [0.717, 1.165) is 0 Å². The third-order valence-corrected chi connectivity index (χ3v) is 2.19. The molecule has 0 radical (unpaired) electrons. The van der Waals surface area contributed by atoms with Crippen LogP contribution in [0.15, 0.2) is 0 Å². The SMILES string of the molecule is O=C(O)CCC(CCC(=S)S)C(=O)O. The molecule has 4 nitrogen and oxygen atoms in total. The molecule has 6 heteroatoms. The van der Waals surface area contributed by atoms with Gasteiger partial charge in [-0.15, -0.1) is 12.6 Å². The Labute approximate surface area is 92.7 Å². The maximum Gasteiger partial charge on any atom is 0.306 e. The molecule has 0 aliphatic heterocycles. The smallest absolute Gasteiger partial charge is 0.306 e. The molecule has 0 aromatic carbocycles. The molecule has 0 aliphatic carbocycles. The van der Waals surface area contributed by atoms with Crippen molar-refractivity contribution in [3.8, 4) is 0 Å². The number of carboxylic acids is 2. The van der Waals surface area contributed by atoms with Gasteiger partial charge < -0.3 is 10.2 Å². The third-order valence-electron chi connectivity index (χ3n) is 1.76. The lowest BCUT2D eigenvalue weighted by Gasteiger charge is -2.09. The number of thiocarbonyl (C=S) groups is 1. The van der Waals surface area contributed by atoms with Crippen LogP contribution in [0.5, 0.6) is 0 Å². The van der Waals surface area contributed by atoms with Crippen molar-refractivity contribution in [2.75, 3.05) is 0 Å². The molecule has 0 aromatic rings. The summed E-state index contributed by atoms with van der Waals surface area (Å²) in [6.07, 6.45) is 0.789. The van der Waals surface area contributed by atoms with Crippen LogP contribution < -0.4 is 0 Å². The van der Waals surface area contributed by atoms with E-state index >= 15 is 0 Å². The van der Waals surface area contributed by atoms with Crippen molar-refractivity contribution >= 4 is 41.0 Å². The topological polar surface area (TPSA) is 74.6 Å². The van der Waals surface area contributed by atoms with Crippen LogP contribution in [0.4, 0.5) is 0 Å². The molecule has 0 spiro atoms. The van der Waals surface area contributed by atoms with Gasteiger partial charge in [-0.1, -0.05) is 12.2 Å². The lowest BCUT2D eigenvalue weighted by molar-refractivity contribution is -0.143. The molecule has 0 amide bonds. The summed E-state index contributed by atoms with van der Waals surface area (Å²) in [6.45, 7) is 0. The van der Waals surface area contributed by atoms with Crippen LogP contribution in [-0.2, 0) is 9.59 Å². The van der Waals surface area contributed by atoms with E-state index in [9.17, 15) is 9.59 Å². The Balaban J connectivity index is 3.96. The van der Waals surface area contributed by atoms with Crippen LogP contribution >= 0.6 is 24.8 Å². The van der Waals surface area contributed by atoms with Crippen molar-refractivity contribution in [2.24, 2.45) is 5.92 Å². The Morgan fingerprint density at radius 2 is 1.71 bits per heavy atom. The van der Waals surface area contributed by atoms with Crippen molar-refractivity contribution in [3.05, 3.63) is 0 Å². The molecule has 0 aliphatic rings. The molecule has 2 N–H and O–H groups in total. The van der Waals surface area contributed by atoms with E-state index in [1.807, 2.05) is 0 Å². The second-order valence-corrected chi connectivity index (χ2v) is 4.24. The van der Waals surface area contributed by atoms with E-state index in [1.165, 1.54) is 0 Å². The highest BCUT2D eigenvalue weighted by Crippen LogP contribution is 2.15. The first-order valence-electron chi connectivity index (χ1n) is 4.10. The highest BCUT2D eigenvalue weighted by molar-refractivity contribution is 8.11. The Morgan fingerprint density at radius 1 is 1.21 bits per heavy atom. The molecular formula is C8H12O4S2. The quantitative estimate of drug-likeness (QED) is 0.462. The first-order chi connectivity index (χ1) is 6.43. The Kier molecular flexibility index (Phi) is 6.48. The van der Waals surface area contributed by atoms with Crippen LogP contribution in [-0.4, -0.2) is 26.3 Å². The zero-order chi connectivity index (χ0) is 11.1. The predicted octanol–water partition coefficient (Wildman–Crippen LogP) is 1.59. The van der Waals surface area contributed by atoms with Gasteiger partial charge in [-0.05, 0) is 19.3 Å². The van der Waals surface area contributed by atoms with Gasteiger partial charge in [0.25, 0.3) is 0 Å². The molecule has 14 heavy (non-hydrogen) atoms. The predicted molar refractivity (Wildman–Crippen MR) is 58.8 cm³/mol. The third kappa shape index (κ3) is 6.85. The molecule has 1 unspecified atom stereocenters. The standard InChI is InChI=1S/C8H12O4S2/c9-6(10)3-1-5(8(11)12)2-4-7(13)14/h5H,1-4H2,(H,9,10)(H,11,12)(H,13,14). The summed E-state index contributed by atoms with van der Waals surface area (Å²) in [5.74, 6) is -2.60. The van der Waals surface area contributed by atoms with Crippen molar-refractivity contribution in [1.82, 2.24) is 0 Å². The molecule has 0 heterocycles. The van der Waals surface area contributed by atoms with Gasteiger partial charge in [0, 0.05) is 10.6 Å². The largest absolute Gasteiger partial charge is 0.481 e. The van der Waals surface area contributed by atoms with Crippen molar-refractivity contribution < 1.29 is 19.8 Å². The molecule has 0 saturated heterocycles. The van der Waals surface area contributed by atoms with Crippen molar-refractivity contribution in [1.29, 1.82) is 0 Å². The summed E-state index contributed by atoms with van der Waals surface area (Å²) in [5.41, 5.74) is 0. The van der Waals surface area contributed by atoms with Gasteiger partial charge in [-0.25, -0.2) is 0 Å². The minimum absolute atomic E-state index is 0.129. The number of aliphatic carboxylic acids is 2. The highest BCUT2D eigenvalue weighted by Gasteiger charge is 2.18. The Morgan fingerprint density at radius 3 is 2.07 bits per heavy atom. The zero-order valence-electron chi connectivity index (χ0n) is 7.47. The second kappa shape index (κ2) is 6.78. The average Bonchev–Trinajstić information content (AvgIpc) is 2.02. The maximum atomic E-state index is 10.7. The Hall–Kier alpha value is -0.620. The minimum Gasteiger partial charge on any atom is -0.481 e. The van der Waals surface area contributed by atoms with Gasteiger partial charge in [-0.3, -0.25) is 9.59 Å². The Bertz CT molecular complexity index is 221. The first kappa shape index (κ1) is 13.4. The van der Waals surface area contributed by atoms with E-state index in [1.54, 1.807) is 0 Å². The van der Waals surface area contributed by atoms with Gasteiger partial charge in [0.1, 0.15) is 0 Å². The molecule has 0 rings (SSSR count). The number of thiol groups is 1. The van der Waals surface area contributed by atoms with Crippen LogP contribution in [0.25, 0.3) is 0 Å². The summed E-state index contributed by atoms with van der Waals surface area (Å²) in [7, 11) is 0. The fourth-order valence-corrected chi connectivity index (χ4v) is 1.23. The van der Waals surface area contributed by atoms with Gasteiger partial charge in [0.2, 0.25) is 0 Å². The van der Waals surface area contributed by atoms with Gasteiger partial charge in [-0.2, -0.15) is 0 Å². The van der Waals surface area contributed by atoms with Crippen molar-refractivity contribution in [3.63, 3.8) is 0 Å². The number of carbonyl (C=O) groups is 2. The van der Waals surface area contributed by atoms with E-state index in [0.29, 0.717) is 17.0 Å². The number of hydrogen-bond donors (Lipinski definition) is 3. The lowest BCUT2D eigenvalue weighted by atomic mass is 9.98. The summed E-state index contributed by atoms with van der Waals surface area (Å²) >= 11 is 8.56. The van der Waals surface area contributed by atoms with E-state index in [-0.39, 0.29) is 12.8 Å².